The maximum atomic E-state index is 12.7. The van der Waals surface area contributed by atoms with Crippen LogP contribution in [0.1, 0.15) is 38.2 Å². The predicted molar refractivity (Wildman–Crippen MR) is 85.3 cm³/mol. The van der Waals surface area contributed by atoms with Gasteiger partial charge in [0.1, 0.15) is 0 Å². The number of benzene rings is 1. The van der Waals surface area contributed by atoms with E-state index in [0.717, 1.165) is 22.9 Å². The fourth-order valence-electron chi connectivity index (χ4n) is 2.84. The number of aryl methyl sites for hydroxylation is 1. The summed E-state index contributed by atoms with van der Waals surface area (Å²) in [4.78, 5) is 0.431. The molecular weight excluding hydrogens is 338 g/mol. The molecule has 1 aliphatic heterocycles. The van der Waals surface area contributed by atoms with Gasteiger partial charge in [-0.25, -0.2) is 8.42 Å². The molecule has 0 unspecified atom stereocenters. The molecule has 0 amide bonds. The highest BCUT2D eigenvalue weighted by Gasteiger charge is 2.30. The Balaban J connectivity index is 2.18. The normalized spacial score (nSPS) is 18.4. The summed E-state index contributed by atoms with van der Waals surface area (Å²) in [5.74, 6) is 0.690. The lowest BCUT2D eigenvalue weighted by molar-refractivity contribution is 0.262. The maximum absolute atomic E-state index is 12.7. The molecule has 1 heterocycles. The van der Waals surface area contributed by atoms with Crippen LogP contribution in [0, 0.1) is 12.8 Å². The quantitative estimate of drug-likeness (QED) is 0.815. The van der Waals surface area contributed by atoms with Gasteiger partial charge in [0.15, 0.2) is 0 Å². The van der Waals surface area contributed by atoms with Gasteiger partial charge in [-0.2, -0.15) is 4.31 Å². The van der Waals surface area contributed by atoms with Crippen molar-refractivity contribution >= 4 is 26.0 Å². The van der Waals surface area contributed by atoms with Crippen molar-refractivity contribution in [1.82, 2.24) is 4.31 Å². The third-order valence-corrected chi connectivity index (χ3v) is 6.57. The summed E-state index contributed by atoms with van der Waals surface area (Å²) in [5.41, 5.74) is 0.809. The van der Waals surface area contributed by atoms with Crippen LogP contribution in [0.15, 0.2) is 27.6 Å². The van der Waals surface area contributed by atoms with E-state index in [4.69, 9.17) is 0 Å². The lowest BCUT2D eigenvalue weighted by atomic mass is 9.94. The van der Waals surface area contributed by atoms with Crippen LogP contribution in [0.5, 0.6) is 0 Å². The van der Waals surface area contributed by atoms with Crippen molar-refractivity contribution in [2.75, 3.05) is 13.1 Å². The number of piperidine rings is 1. The first kappa shape index (κ1) is 16.0. The molecule has 0 saturated carbocycles. The summed E-state index contributed by atoms with van der Waals surface area (Å²) in [6, 6.07) is 5.44. The second-order valence-corrected chi connectivity index (χ2v) is 8.37. The number of sulfonamides is 1. The molecule has 3 nitrogen and oxygen atoms in total. The van der Waals surface area contributed by atoms with Crippen LogP contribution in [0.25, 0.3) is 0 Å². The first-order valence-electron chi connectivity index (χ1n) is 7.21. The molecule has 112 valence electrons. The third kappa shape index (κ3) is 3.43. The molecule has 0 aliphatic carbocycles. The number of halogens is 1. The van der Waals surface area contributed by atoms with Crippen LogP contribution in [0.2, 0.25) is 0 Å². The molecule has 1 saturated heterocycles. The van der Waals surface area contributed by atoms with E-state index in [1.54, 1.807) is 10.4 Å². The topological polar surface area (TPSA) is 37.4 Å². The lowest BCUT2D eigenvalue weighted by Gasteiger charge is -2.31. The first-order chi connectivity index (χ1) is 9.45. The van der Waals surface area contributed by atoms with Crippen LogP contribution in [0.3, 0.4) is 0 Å². The zero-order valence-corrected chi connectivity index (χ0v) is 14.5. The Morgan fingerprint density at radius 2 is 1.95 bits per heavy atom. The second-order valence-electron chi connectivity index (χ2n) is 5.55. The Morgan fingerprint density at radius 1 is 1.30 bits per heavy atom. The molecular formula is C15H22BrNO2S. The average Bonchev–Trinajstić information content (AvgIpc) is 2.42. The van der Waals surface area contributed by atoms with Crippen molar-refractivity contribution in [3.8, 4) is 0 Å². The van der Waals surface area contributed by atoms with Gasteiger partial charge in [-0.3, -0.25) is 0 Å². The van der Waals surface area contributed by atoms with E-state index in [9.17, 15) is 8.42 Å². The minimum absolute atomic E-state index is 0.431. The zero-order chi connectivity index (χ0) is 14.8. The average molecular weight is 360 g/mol. The Morgan fingerprint density at radius 3 is 2.55 bits per heavy atom. The molecule has 1 fully saturated rings. The third-order valence-electron chi connectivity index (χ3n) is 4.04. The van der Waals surface area contributed by atoms with Crippen LogP contribution < -0.4 is 0 Å². The molecule has 5 heteroatoms. The standard InChI is InChI=1S/C15H22BrNO2S/c1-3-4-13-7-9-17(10-8-13)20(18,19)15-11-14(16)6-5-12(15)2/h5-6,11,13H,3-4,7-10H2,1-2H3. The lowest BCUT2D eigenvalue weighted by Crippen LogP contribution is -2.38. The molecule has 0 N–H and O–H groups in total. The maximum Gasteiger partial charge on any atom is 0.243 e. The fraction of sp³-hybridized carbons (Fsp3) is 0.600. The Bertz CT molecular complexity index is 563. The number of rotatable bonds is 4. The molecule has 1 aromatic rings. The largest absolute Gasteiger partial charge is 0.243 e. The summed E-state index contributed by atoms with van der Waals surface area (Å²) in [7, 11) is -3.35. The van der Waals surface area contributed by atoms with Gasteiger partial charge in [-0.15, -0.1) is 0 Å². The highest BCUT2D eigenvalue weighted by Crippen LogP contribution is 2.29. The van der Waals surface area contributed by atoms with Gasteiger partial charge >= 0.3 is 0 Å². The van der Waals surface area contributed by atoms with Gasteiger partial charge in [0.2, 0.25) is 10.0 Å². The molecule has 0 spiro atoms. The van der Waals surface area contributed by atoms with Crippen molar-refractivity contribution in [3.63, 3.8) is 0 Å². The number of nitrogens with zero attached hydrogens (tertiary/aromatic N) is 1. The van der Waals surface area contributed by atoms with E-state index in [-0.39, 0.29) is 0 Å². The number of hydrogen-bond acceptors (Lipinski definition) is 2. The van der Waals surface area contributed by atoms with Crippen molar-refractivity contribution in [1.29, 1.82) is 0 Å². The smallest absolute Gasteiger partial charge is 0.207 e. The van der Waals surface area contributed by atoms with E-state index >= 15 is 0 Å². The zero-order valence-electron chi connectivity index (χ0n) is 12.1. The van der Waals surface area contributed by atoms with Gasteiger partial charge in [-0.05, 0) is 43.4 Å². The Kier molecular flexibility index (Phi) is 5.26. The van der Waals surface area contributed by atoms with Crippen molar-refractivity contribution < 1.29 is 8.42 Å². The Labute approximate surface area is 130 Å². The van der Waals surface area contributed by atoms with Crippen LogP contribution in [-0.2, 0) is 10.0 Å². The summed E-state index contributed by atoms with van der Waals surface area (Å²) < 4.78 is 27.9. The van der Waals surface area contributed by atoms with E-state index in [0.29, 0.717) is 23.9 Å². The van der Waals surface area contributed by atoms with Crippen molar-refractivity contribution in [2.45, 2.75) is 44.4 Å². The number of hydrogen-bond donors (Lipinski definition) is 0. The molecule has 20 heavy (non-hydrogen) atoms. The fourth-order valence-corrected chi connectivity index (χ4v) is 5.07. The second kappa shape index (κ2) is 6.58. The van der Waals surface area contributed by atoms with E-state index in [2.05, 4.69) is 22.9 Å². The van der Waals surface area contributed by atoms with E-state index in [1.807, 2.05) is 19.1 Å². The Hall–Kier alpha value is -0.390. The van der Waals surface area contributed by atoms with Gasteiger partial charge in [0.05, 0.1) is 4.90 Å². The van der Waals surface area contributed by atoms with Crippen LogP contribution >= 0.6 is 15.9 Å². The summed E-state index contributed by atoms with van der Waals surface area (Å²) in [5, 5.41) is 0. The molecule has 0 bridgehead atoms. The molecule has 0 atom stereocenters. The molecule has 0 radical (unpaired) electrons. The van der Waals surface area contributed by atoms with Crippen LogP contribution in [-0.4, -0.2) is 25.8 Å². The van der Waals surface area contributed by atoms with E-state index in [1.165, 1.54) is 12.8 Å². The summed E-state index contributed by atoms with van der Waals surface area (Å²) in [6.45, 7) is 5.34. The molecule has 2 rings (SSSR count). The van der Waals surface area contributed by atoms with E-state index < -0.39 is 10.0 Å². The van der Waals surface area contributed by atoms with Gasteiger partial charge in [0.25, 0.3) is 0 Å². The monoisotopic (exact) mass is 359 g/mol. The van der Waals surface area contributed by atoms with Gasteiger partial charge in [-0.1, -0.05) is 41.8 Å². The summed E-state index contributed by atoms with van der Waals surface area (Å²) in [6.07, 6.45) is 4.37. The van der Waals surface area contributed by atoms with Crippen molar-refractivity contribution in [2.24, 2.45) is 5.92 Å². The van der Waals surface area contributed by atoms with Gasteiger partial charge in [0, 0.05) is 17.6 Å². The van der Waals surface area contributed by atoms with Crippen molar-refractivity contribution in [3.05, 3.63) is 28.2 Å². The SMILES string of the molecule is CCCC1CCN(S(=O)(=O)c2cc(Br)ccc2C)CC1. The van der Waals surface area contributed by atoms with Gasteiger partial charge < -0.3 is 0 Å². The first-order valence-corrected chi connectivity index (χ1v) is 9.44. The minimum atomic E-state index is -3.35. The predicted octanol–water partition coefficient (Wildman–Crippen LogP) is 3.96. The minimum Gasteiger partial charge on any atom is -0.207 e. The summed E-state index contributed by atoms with van der Waals surface area (Å²) >= 11 is 3.36. The highest BCUT2D eigenvalue weighted by atomic mass is 79.9. The highest BCUT2D eigenvalue weighted by molar-refractivity contribution is 9.10. The molecule has 1 aliphatic rings. The molecule has 1 aromatic carbocycles. The molecule has 0 aromatic heterocycles. The van der Waals surface area contributed by atoms with Crippen LogP contribution in [0.4, 0.5) is 0 Å².